The average Bonchev–Trinajstić information content (AvgIpc) is 2.56. The van der Waals surface area contributed by atoms with Crippen LogP contribution in [0.15, 0.2) is 48.5 Å². The van der Waals surface area contributed by atoms with Gasteiger partial charge in [0, 0.05) is 29.9 Å². The van der Waals surface area contributed by atoms with Gasteiger partial charge < -0.3 is 10.6 Å². The first kappa shape index (κ1) is 18.0. The van der Waals surface area contributed by atoms with Crippen molar-refractivity contribution in [1.29, 1.82) is 0 Å². The molecule has 2 amide bonds. The molecule has 2 rings (SSSR count). The number of likely N-dealkylation sites (N-methyl/N-ethyl adjacent to an activating group) is 1. The highest BCUT2D eigenvalue weighted by atomic mass is 35.5. The lowest BCUT2D eigenvalue weighted by Gasteiger charge is -2.17. The van der Waals surface area contributed by atoms with E-state index >= 15 is 0 Å². The summed E-state index contributed by atoms with van der Waals surface area (Å²) in [7, 11) is 3.43. The van der Waals surface area contributed by atoms with Gasteiger partial charge in [-0.2, -0.15) is 0 Å². The van der Waals surface area contributed by atoms with Crippen molar-refractivity contribution in [3.8, 4) is 0 Å². The van der Waals surface area contributed by atoms with Crippen LogP contribution in [0.3, 0.4) is 0 Å². The van der Waals surface area contributed by atoms with Crippen LogP contribution in [0.1, 0.15) is 15.9 Å². The smallest absolute Gasteiger partial charge is 0.251 e. The topological polar surface area (TPSA) is 61.4 Å². The molecule has 0 aromatic heterocycles. The van der Waals surface area contributed by atoms with Gasteiger partial charge in [-0.15, -0.1) is 0 Å². The zero-order chi connectivity index (χ0) is 17.5. The van der Waals surface area contributed by atoms with Crippen LogP contribution in [0, 0.1) is 0 Å². The molecule has 0 aliphatic carbocycles. The highest BCUT2D eigenvalue weighted by molar-refractivity contribution is 6.31. The Kier molecular flexibility index (Phi) is 6.35. The maximum absolute atomic E-state index is 12.1. The largest absolute Gasteiger partial charge is 0.355 e. The Morgan fingerprint density at radius 1 is 1.08 bits per heavy atom. The van der Waals surface area contributed by atoms with Crippen molar-refractivity contribution in [3.63, 3.8) is 0 Å². The maximum Gasteiger partial charge on any atom is 0.251 e. The van der Waals surface area contributed by atoms with E-state index in [0.29, 0.717) is 22.8 Å². The summed E-state index contributed by atoms with van der Waals surface area (Å²) >= 11 is 6.13. The highest BCUT2D eigenvalue weighted by Crippen LogP contribution is 2.16. The van der Waals surface area contributed by atoms with Crippen molar-refractivity contribution in [2.45, 2.75) is 6.54 Å². The van der Waals surface area contributed by atoms with Gasteiger partial charge in [0.05, 0.1) is 6.54 Å². The molecule has 0 saturated heterocycles. The van der Waals surface area contributed by atoms with Crippen molar-refractivity contribution < 1.29 is 9.59 Å². The molecule has 0 heterocycles. The van der Waals surface area contributed by atoms with Gasteiger partial charge in [0.15, 0.2) is 0 Å². The number of halogens is 1. The van der Waals surface area contributed by atoms with Gasteiger partial charge >= 0.3 is 0 Å². The molecule has 0 fully saturated rings. The average molecular weight is 346 g/mol. The van der Waals surface area contributed by atoms with Crippen LogP contribution in [-0.4, -0.2) is 37.4 Å². The van der Waals surface area contributed by atoms with Crippen LogP contribution in [-0.2, 0) is 11.3 Å². The second-order valence-electron chi connectivity index (χ2n) is 5.47. The Hall–Kier alpha value is -2.37. The molecule has 0 bridgehead atoms. The minimum atomic E-state index is -0.160. The summed E-state index contributed by atoms with van der Waals surface area (Å²) in [5.41, 5.74) is 2.18. The fourth-order valence-corrected chi connectivity index (χ4v) is 2.46. The molecule has 126 valence electrons. The Bertz CT molecular complexity index is 716. The number of hydrogen-bond donors (Lipinski definition) is 2. The Labute approximate surface area is 146 Å². The van der Waals surface area contributed by atoms with Gasteiger partial charge in [-0.1, -0.05) is 29.8 Å². The summed E-state index contributed by atoms with van der Waals surface area (Å²) in [5, 5.41) is 6.05. The fraction of sp³-hybridized carbons (Fsp3) is 0.222. The Balaban J connectivity index is 1.88. The summed E-state index contributed by atoms with van der Waals surface area (Å²) in [6, 6.07) is 14.3. The van der Waals surface area contributed by atoms with Gasteiger partial charge in [0.1, 0.15) is 0 Å². The molecule has 0 saturated carbocycles. The molecule has 2 aromatic rings. The number of nitrogens with one attached hydrogen (secondary N) is 2. The maximum atomic E-state index is 12.1. The van der Waals surface area contributed by atoms with Gasteiger partial charge in [0.25, 0.3) is 5.91 Å². The Morgan fingerprint density at radius 2 is 1.75 bits per heavy atom. The van der Waals surface area contributed by atoms with Crippen LogP contribution in [0.25, 0.3) is 0 Å². The number of benzene rings is 2. The second-order valence-corrected chi connectivity index (χ2v) is 5.88. The van der Waals surface area contributed by atoms with E-state index in [1.54, 1.807) is 31.3 Å². The Morgan fingerprint density at radius 3 is 2.38 bits per heavy atom. The minimum absolute atomic E-state index is 0.128. The lowest BCUT2D eigenvalue weighted by atomic mass is 10.2. The third-order valence-electron chi connectivity index (χ3n) is 3.47. The molecule has 0 unspecified atom stereocenters. The number of amides is 2. The summed E-state index contributed by atoms with van der Waals surface area (Å²) in [6.45, 7) is 0.825. The van der Waals surface area contributed by atoms with Crippen LogP contribution >= 0.6 is 11.6 Å². The quantitative estimate of drug-likeness (QED) is 0.846. The third-order valence-corrected chi connectivity index (χ3v) is 3.84. The molecule has 0 aliphatic heterocycles. The molecule has 6 heteroatoms. The lowest BCUT2D eigenvalue weighted by Crippen LogP contribution is -2.30. The van der Waals surface area contributed by atoms with Crippen LogP contribution in [0.4, 0.5) is 5.69 Å². The van der Waals surface area contributed by atoms with E-state index in [1.165, 1.54) is 0 Å². The van der Waals surface area contributed by atoms with Gasteiger partial charge in [0.2, 0.25) is 5.91 Å². The summed E-state index contributed by atoms with van der Waals surface area (Å²) < 4.78 is 0. The third kappa shape index (κ3) is 5.08. The normalized spacial score (nSPS) is 10.5. The zero-order valence-corrected chi connectivity index (χ0v) is 14.4. The molecule has 24 heavy (non-hydrogen) atoms. The van der Waals surface area contributed by atoms with E-state index in [9.17, 15) is 9.59 Å². The molecule has 2 N–H and O–H groups in total. The van der Waals surface area contributed by atoms with E-state index in [-0.39, 0.29) is 18.4 Å². The number of carbonyl (C=O) groups excluding carboxylic acids is 2. The fourth-order valence-electron chi connectivity index (χ4n) is 2.27. The zero-order valence-electron chi connectivity index (χ0n) is 13.7. The van der Waals surface area contributed by atoms with Crippen molar-refractivity contribution in [3.05, 3.63) is 64.7 Å². The van der Waals surface area contributed by atoms with E-state index in [2.05, 4.69) is 10.6 Å². The molecule has 5 nitrogen and oxygen atoms in total. The first-order valence-electron chi connectivity index (χ1n) is 7.53. The van der Waals surface area contributed by atoms with Gasteiger partial charge in [-0.25, -0.2) is 0 Å². The van der Waals surface area contributed by atoms with Crippen molar-refractivity contribution in [2.24, 2.45) is 0 Å². The van der Waals surface area contributed by atoms with Crippen molar-refractivity contribution in [1.82, 2.24) is 10.2 Å². The van der Waals surface area contributed by atoms with E-state index in [1.807, 2.05) is 36.2 Å². The first-order chi connectivity index (χ1) is 11.5. The van der Waals surface area contributed by atoms with E-state index < -0.39 is 0 Å². The van der Waals surface area contributed by atoms with E-state index in [4.69, 9.17) is 11.6 Å². The molecule has 0 radical (unpaired) electrons. The number of hydrogen-bond acceptors (Lipinski definition) is 3. The highest BCUT2D eigenvalue weighted by Gasteiger charge is 2.10. The van der Waals surface area contributed by atoms with Crippen molar-refractivity contribution >= 4 is 29.1 Å². The van der Waals surface area contributed by atoms with Crippen LogP contribution in [0.2, 0.25) is 5.02 Å². The lowest BCUT2D eigenvalue weighted by molar-refractivity contribution is -0.117. The standard InChI is InChI=1S/C18H20ClN3O2/c1-20-18(24)13-7-9-15(10-8-13)21-17(23)12-22(2)11-14-5-3-4-6-16(14)19/h3-10H,11-12H2,1-2H3,(H,20,24)(H,21,23). The SMILES string of the molecule is CNC(=O)c1ccc(NC(=O)CN(C)Cc2ccccc2Cl)cc1. The van der Waals surface area contributed by atoms with E-state index in [0.717, 1.165) is 5.56 Å². The molecule has 0 atom stereocenters. The number of anilines is 1. The second kappa shape index (κ2) is 8.47. The van der Waals surface area contributed by atoms with Crippen LogP contribution in [0.5, 0.6) is 0 Å². The summed E-state index contributed by atoms with van der Waals surface area (Å²) in [6.07, 6.45) is 0. The minimum Gasteiger partial charge on any atom is -0.355 e. The summed E-state index contributed by atoms with van der Waals surface area (Å²) in [4.78, 5) is 25.5. The molecule has 0 aliphatic rings. The monoisotopic (exact) mass is 345 g/mol. The number of nitrogens with zero attached hydrogens (tertiary/aromatic N) is 1. The molecule has 0 spiro atoms. The van der Waals surface area contributed by atoms with Crippen LogP contribution < -0.4 is 10.6 Å². The van der Waals surface area contributed by atoms with Gasteiger partial charge in [-0.05, 0) is 42.9 Å². The number of carbonyl (C=O) groups is 2. The predicted octanol–water partition coefficient (Wildman–Crippen LogP) is 2.77. The van der Waals surface area contributed by atoms with Gasteiger partial charge in [-0.3, -0.25) is 14.5 Å². The molecule has 2 aromatic carbocycles. The molecular formula is C18H20ClN3O2. The summed E-state index contributed by atoms with van der Waals surface area (Å²) in [5.74, 6) is -0.287. The molecular weight excluding hydrogens is 326 g/mol. The van der Waals surface area contributed by atoms with Crippen molar-refractivity contribution in [2.75, 3.05) is 26.0 Å². The first-order valence-corrected chi connectivity index (χ1v) is 7.91. The number of rotatable bonds is 6. The predicted molar refractivity (Wildman–Crippen MR) is 96.2 cm³/mol.